The lowest BCUT2D eigenvalue weighted by Crippen LogP contribution is -2.29. The summed E-state index contributed by atoms with van der Waals surface area (Å²) < 4.78 is 27.8. The van der Waals surface area contributed by atoms with Crippen LogP contribution in [0.15, 0.2) is 47.4 Å². The zero-order chi connectivity index (χ0) is 18.6. The van der Waals surface area contributed by atoms with E-state index in [4.69, 9.17) is 0 Å². The van der Waals surface area contributed by atoms with E-state index in [1.807, 2.05) is 38.1 Å². The predicted octanol–water partition coefficient (Wildman–Crippen LogP) is 3.77. The van der Waals surface area contributed by atoms with Crippen LogP contribution in [0.4, 0.5) is 0 Å². The summed E-state index contributed by atoms with van der Waals surface area (Å²) in [5.41, 5.74) is 4.09. The molecule has 1 aliphatic rings. The first-order valence-corrected chi connectivity index (χ1v) is 10.8. The van der Waals surface area contributed by atoms with E-state index < -0.39 is 10.0 Å². The van der Waals surface area contributed by atoms with E-state index in [9.17, 15) is 8.42 Å². The summed E-state index contributed by atoms with van der Waals surface area (Å²) in [5, 5.41) is 0. The molecule has 2 aromatic carbocycles. The summed E-state index contributed by atoms with van der Waals surface area (Å²) in [5.74, 6) is 0. The second kappa shape index (κ2) is 8.33. The highest BCUT2D eigenvalue weighted by Crippen LogP contribution is 2.17. The molecule has 0 radical (unpaired) electrons. The van der Waals surface area contributed by atoms with Gasteiger partial charge in [0.15, 0.2) is 0 Å². The number of benzene rings is 2. The van der Waals surface area contributed by atoms with Crippen molar-refractivity contribution in [1.82, 2.24) is 9.62 Å². The van der Waals surface area contributed by atoms with Gasteiger partial charge in [-0.3, -0.25) is 4.90 Å². The highest BCUT2D eigenvalue weighted by Gasteiger charge is 2.16. The van der Waals surface area contributed by atoms with Gasteiger partial charge in [-0.05, 0) is 62.5 Å². The summed E-state index contributed by atoms with van der Waals surface area (Å²) >= 11 is 0. The van der Waals surface area contributed by atoms with E-state index >= 15 is 0 Å². The lowest BCUT2D eigenvalue weighted by atomic mass is 10.1. The Morgan fingerprint density at radius 2 is 1.58 bits per heavy atom. The van der Waals surface area contributed by atoms with Crippen molar-refractivity contribution in [2.75, 3.05) is 13.1 Å². The smallest absolute Gasteiger partial charge is 0.241 e. The highest BCUT2D eigenvalue weighted by atomic mass is 32.2. The van der Waals surface area contributed by atoms with E-state index in [-0.39, 0.29) is 0 Å². The van der Waals surface area contributed by atoms with Crippen LogP contribution in [0.3, 0.4) is 0 Å². The maximum atomic E-state index is 12.5. The zero-order valence-corrected chi connectivity index (χ0v) is 16.5. The summed E-state index contributed by atoms with van der Waals surface area (Å²) in [6, 6.07) is 13.6. The van der Waals surface area contributed by atoms with Crippen molar-refractivity contribution in [3.05, 3.63) is 64.7 Å². The quantitative estimate of drug-likeness (QED) is 0.840. The van der Waals surface area contributed by atoms with Crippen LogP contribution in [0, 0.1) is 13.8 Å². The zero-order valence-electron chi connectivity index (χ0n) is 15.7. The minimum Gasteiger partial charge on any atom is -0.299 e. The van der Waals surface area contributed by atoms with E-state index in [2.05, 4.69) is 21.8 Å². The van der Waals surface area contributed by atoms with Crippen LogP contribution < -0.4 is 4.72 Å². The lowest BCUT2D eigenvalue weighted by Gasteiger charge is -2.26. The molecule has 1 fully saturated rings. The Balaban J connectivity index is 1.60. The molecule has 4 nitrogen and oxygen atoms in total. The lowest BCUT2D eigenvalue weighted by molar-refractivity contribution is 0.221. The first-order chi connectivity index (χ1) is 12.4. The molecule has 0 unspecified atom stereocenters. The monoisotopic (exact) mass is 372 g/mol. The van der Waals surface area contributed by atoms with Crippen LogP contribution in [0.25, 0.3) is 0 Å². The topological polar surface area (TPSA) is 49.4 Å². The minimum atomic E-state index is -3.50. The first-order valence-electron chi connectivity index (χ1n) is 9.31. The summed E-state index contributed by atoms with van der Waals surface area (Å²) in [6.45, 7) is 7.43. The third-order valence-electron chi connectivity index (χ3n) is 4.96. The number of hydrogen-bond acceptors (Lipinski definition) is 3. The van der Waals surface area contributed by atoms with Crippen LogP contribution in [0.1, 0.15) is 41.5 Å². The molecular formula is C21H28N2O2S. The van der Waals surface area contributed by atoms with Gasteiger partial charge in [0.2, 0.25) is 10.0 Å². The van der Waals surface area contributed by atoms with Crippen molar-refractivity contribution in [2.45, 2.75) is 51.1 Å². The fourth-order valence-corrected chi connectivity index (χ4v) is 4.74. The second-order valence-corrected chi connectivity index (χ2v) is 8.98. The van der Waals surface area contributed by atoms with Crippen molar-refractivity contribution in [3.63, 3.8) is 0 Å². The molecule has 2 aromatic rings. The Bertz CT molecular complexity index is 839. The molecule has 140 valence electrons. The van der Waals surface area contributed by atoms with Gasteiger partial charge in [-0.15, -0.1) is 0 Å². The molecule has 0 bridgehead atoms. The van der Waals surface area contributed by atoms with Gasteiger partial charge in [-0.1, -0.05) is 48.4 Å². The standard InChI is InChI=1S/C21H28N2O2S/c1-17-6-11-21(18(2)14-17)26(24,25)22-15-19-7-9-20(10-8-19)16-23-12-4-3-5-13-23/h6-11,14,22H,3-5,12-13,15-16H2,1-2H3. The van der Waals surface area contributed by atoms with E-state index in [1.165, 1.54) is 37.9 Å². The molecule has 3 rings (SSSR count). The van der Waals surface area contributed by atoms with Crippen LogP contribution in [0.5, 0.6) is 0 Å². The molecule has 0 saturated carbocycles. The third-order valence-corrected chi connectivity index (χ3v) is 6.53. The number of sulfonamides is 1. The van der Waals surface area contributed by atoms with Crippen LogP contribution in [-0.2, 0) is 23.1 Å². The van der Waals surface area contributed by atoms with Gasteiger partial charge < -0.3 is 0 Å². The van der Waals surface area contributed by atoms with Crippen LogP contribution in [0.2, 0.25) is 0 Å². The Labute approximate surface area is 157 Å². The van der Waals surface area contributed by atoms with Crippen molar-refractivity contribution in [3.8, 4) is 0 Å². The fraction of sp³-hybridized carbons (Fsp3) is 0.429. The van der Waals surface area contributed by atoms with Crippen LogP contribution >= 0.6 is 0 Å². The normalized spacial score (nSPS) is 15.9. The second-order valence-electron chi connectivity index (χ2n) is 7.25. The van der Waals surface area contributed by atoms with Gasteiger partial charge >= 0.3 is 0 Å². The Hall–Kier alpha value is -1.69. The van der Waals surface area contributed by atoms with E-state index in [1.54, 1.807) is 6.07 Å². The van der Waals surface area contributed by atoms with Crippen molar-refractivity contribution in [2.24, 2.45) is 0 Å². The van der Waals surface area contributed by atoms with Gasteiger partial charge in [-0.2, -0.15) is 0 Å². The number of nitrogens with one attached hydrogen (secondary N) is 1. The molecule has 0 aromatic heterocycles. The number of rotatable bonds is 6. The van der Waals surface area contributed by atoms with Gasteiger partial charge in [0.1, 0.15) is 0 Å². The largest absolute Gasteiger partial charge is 0.299 e. The van der Waals surface area contributed by atoms with E-state index in [0.29, 0.717) is 11.4 Å². The minimum absolute atomic E-state index is 0.305. The highest BCUT2D eigenvalue weighted by molar-refractivity contribution is 7.89. The van der Waals surface area contributed by atoms with Gasteiger partial charge in [0.05, 0.1) is 4.90 Å². The average molecular weight is 373 g/mol. The number of aryl methyl sites for hydroxylation is 2. The Kier molecular flexibility index (Phi) is 6.12. The molecule has 1 N–H and O–H groups in total. The number of piperidine rings is 1. The first kappa shape index (κ1) is 19.1. The predicted molar refractivity (Wildman–Crippen MR) is 106 cm³/mol. The van der Waals surface area contributed by atoms with Gasteiger partial charge in [0, 0.05) is 13.1 Å². The van der Waals surface area contributed by atoms with Crippen molar-refractivity contribution in [1.29, 1.82) is 0 Å². The number of likely N-dealkylation sites (tertiary alicyclic amines) is 1. The number of hydrogen-bond donors (Lipinski definition) is 1. The molecule has 1 saturated heterocycles. The average Bonchev–Trinajstić information content (AvgIpc) is 2.62. The van der Waals surface area contributed by atoms with Crippen molar-refractivity contribution >= 4 is 10.0 Å². The molecule has 0 amide bonds. The maximum absolute atomic E-state index is 12.5. The molecule has 1 aliphatic heterocycles. The molecule has 26 heavy (non-hydrogen) atoms. The van der Waals surface area contributed by atoms with Gasteiger partial charge in [-0.25, -0.2) is 13.1 Å². The molecule has 0 atom stereocenters. The fourth-order valence-electron chi connectivity index (χ4n) is 3.50. The molecule has 5 heteroatoms. The van der Waals surface area contributed by atoms with Gasteiger partial charge in [0.25, 0.3) is 0 Å². The Morgan fingerprint density at radius 3 is 2.23 bits per heavy atom. The van der Waals surface area contributed by atoms with Crippen LogP contribution in [-0.4, -0.2) is 26.4 Å². The summed E-state index contributed by atoms with van der Waals surface area (Å²) in [4.78, 5) is 2.84. The summed E-state index contributed by atoms with van der Waals surface area (Å²) in [6.07, 6.45) is 3.92. The molecule has 0 spiro atoms. The molecule has 1 heterocycles. The molecular weight excluding hydrogens is 344 g/mol. The SMILES string of the molecule is Cc1ccc(S(=O)(=O)NCc2ccc(CN3CCCCC3)cc2)c(C)c1. The summed E-state index contributed by atoms with van der Waals surface area (Å²) in [7, 11) is -3.50. The molecule has 0 aliphatic carbocycles. The maximum Gasteiger partial charge on any atom is 0.241 e. The Morgan fingerprint density at radius 1 is 0.923 bits per heavy atom. The van der Waals surface area contributed by atoms with E-state index in [0.717, 1.165) is 23.2 Å². The van der Waals surface area contributed by atoms with Crippen molar-refractivity contribution < 1.29 is 8.42 Å². The number of nitrogens with zero attached hydrogens (tertiary/aromatic N) is 1. The third kappa shape index (κ3) is 4.93.